The lowest BCUT2D eigenvalue weighted by atomic mass is 10.3. The van der Waals surface area contributed by atoms with Crippen molar-refractivity contribution in [3.05, 3.63) is 0 Å². The topological polar surface area (TPSA) is 61.9 Å². The lowest BCUT2D eigenvalue weighted by molar-refractivity contribution is -0.121. The smallest absolute Gasteiger partial charge is 0.274 e. The van der Waals surface area contributed by atoms with Crippen LogP contribution in [0.3, 0.4) is 0 Å². The van der Waals surface area contributed by atoms with Gasteiger partial charge in [-0.1, -0.05) is 0 Å². The van der Waals surface area contributed by atoms with Gasteiger partial charge in [-0.3, -0.25) is 8.98 Å². The Balaban J connectivity index is 2.43. The van der Waals surface area contributed by atoms with E-state index >= 15 is 0 Å². The van der Waals surface area contributed by atoms with E-state index in [4.69, 9.17) is 0 Å². The summed E-state index contributed by atoms with van der Waals surface area (Å²) < 4.78 is 4.66. The van der Waals surface area contributed by atoms with E-state index in [0.717, 1.165) is 12.0 Å². The Hall–Kier alpha value is 0.0900. The van der Waals surface area contributed by atoms with Gasteiger partial charge in [0.2, 0.25) is 5.91 Å². The first-order chi connectivity index (χ1) is 5.08. The van der Waals surface area contributed by atoms with Gasteiger partial charge in [0.1, 0.15) is 6.04 Å². The van der Waals surface area contributed by atoms with Crippen LogP contribution in [0.5, 0.6) is 0 Å². The van der Waals surface area contributed by atoms with E-state index in [9.17, 15) is 9.90 Å². The first kappa shape index (κ1) is 9.18. The molecule has 1 heterocycles. The van der Waals surface area contributed by atoms with E-state index in [1.54, 1.807) is 0 Å². The molecule has 64 valence electrons. The molecule has 0 aromatic heterocycles. The third kappa shape index (κ3) is 2.26. The Morgan fingerprint density at radius 3 is 2.82 bits per heavy atom. The van der Waals surface area contributed by atoms with E-state index in [-0.39, 0.29) is 5.91 Å². The second-order valence-electron chi connectivity index (χ2n) is 2.23. The number of hydrogen-bond donors (Lipinski definition) is 3. The SMILES string of the molecule is CC(=O)N[C@@H](CS)C1(O)OS1. The molecule has 1 fully saturated rings. The van der Waals surface area contributed by atoms with E-state index in [1.165, 1.54) is 6.92 Å². The predicted molar refractivity (Wildman–Crippen MR) is 45.1 cm³/mol. The number of amides is 1. The van der Waals surface area contributed by atoms with Gasteiger partial charge in [0.25, 0.3) is 5.12 Å². The Bertz CT molecular complexity index is 171. The minimum Gasteiger partial charge on any atom is -0.353 e. The average molecular weight is 195 g/mol. The minimum absolute atomic E-state index is 0.200. The normalized spacial score (nSPS) is 31.2. The zero-order valence-electron chi connectivity index (χ0n) is 5.90. The standard InChI is InChI=1S/C5H9NO3S2/c1-3(7)6-4(2-10)5(8)9-11-5/h4,8,10H,2H2,1H3,(H,6,7)/t4-,5?/m0/s1. The molecule has 1 aliphatic rings. The van der Waals surface area contributed by atoms with Crippen molar-refractivity contribution in [2.24, 2.45) is 0 Å². The largest absolute Gasteiger partial charge is 0.353 e. The molecule has 1 aliphatic heterocycles. The van der Waals surface area contributed by atoms with Crippen molar-refractivity contribution in [2.75, 3.05) is 5.75 Å². The van der Waals surface area contributed by atoms with Crippen LogP contribution in [0.2, 0.25) is 0 Å². The summed E-state index contributed by atoms with van der Waals surface area (Å²) in [6.45, 7) is 1.38. The third-order valence-electron chi connectivity index (χ3n) is 1.25. The van der Waals surface area contributed by atoms with E-state index in [2.05, 4.69) is 22.1 Å². The molecule has 2 atom stereocenters. The highest BCUT2D eigenvalue weighted by Gasteiger charge is 2.53. The number of nitrogens with one attached hydrogen (secondary N) is 1. The quantitative estimate of drug-likeness (QED) is 0.330. The molecule has 0 saturated carbocycles. The number of thiol groups is 1. The molecule has 1 saturated heterocycles. The van der Waals surface area contributed by atoms with Gasteiger partial charge < -0.3 is 10.4 Å². The molecule has 1 rings (SSSR count). The van der Waals surface area contributed by atoms with Crippen LogP contribution in [0, 0.1) is 0 Å². The maximum Gasteiger partial charge on any atom is 0.274 e. The Labute approximate surface area is 74.3 Å². The van der Waals surface area contributed by atoms with E-state index < -0.39 is 11.2 Å². The van der Waals surface area contributed by atoms with Crippen LogP contribution in [-0.2, 0) is 8.98 Å². The molecule has 0 aliphatic carbocycles. The van der Waals surface area contributed by atoms with Gasteiger partial charge in [0.15, 0.2) is 0 Å². The highest BCUT2D eigenvalue weighted by atomic mass is 32.2. The number of aliphatic hydroxyl groups is 1. The predicted octanol–water partition coefficient (Wildman–Crippen LogP) is -0.255. The Morgan fingerprint density at radius 1 is 2.00 bits per heavy atom. The zero-order chi connectivity index (χ0) is 8.48. The molecule has 2 N–H and O–H groups in total. The summed E-state index contributed by atoms with van der Waals surface area (Å²) in [4.78, 5) is 10.6. The first-order valence-corrected chi connectivity index (χ1v) is 4.43. The van der Waals surface area contributed by atoms with Crippen LogP contribution >= 0.6 is 24.7 Å². The summed E-state index contributed by atoms with van der Waals surface area (Å²) in [5.41, 5.74) is 0. The number of carbonyl (C=O) groups is 1. The molecule has 0 aromatic carbocycles. The molecule has 0 spiro atoms. The summed E-state index contributed by atoms with van der Waals surface area (Å²) in [6.07, 6.45) is 0. The van der Waals surface area contributed by atoms with Gasteiger partial charge in [-0.15, -0.1) is 0 Å². The summed E-state index contributed by atoms with van der Waals surface area (Å²) in [5, 5.41) is 10.6. The number of hydrogen-bond acceptors (Lipinski definition) is 5. The fourth-order valence-corrected chi connectivity index (χ4v) is 1.58. The van der Waals surface area contributed by atoms with E-state index in [1.807, 2.05) is 0 Å². The van der Waals surface area contributed by atoms with Crippen molar-refractivity contribution in [3.8, 4) is 0 Å². The molecule has 0 aromatic rings. The average Bonchev–Trinajstić information content (AvgIpc) is 2.63. The van der Waals surface area contributed by atoms with E-state index in [0.29, 0.717) is 5.75 Å². The second kappa shape index (κ2) is 3.22. The highest BCUT2D eigenvalue weighted by molar-refractivity contribution is 8.01. The van der Waals surface area contributed by atoms with Crippen LogP contribution < -0.4 is 5.32 Å². The van der Waals surface area contributed by atoms with Crippen LogP contribution in [0.1, 0.15) is 6.92 Å². The van der Waals surface area contributed by atoms with Gasteiger partial charge in [-0.25, -0.2) is 0 Å². The van der Waals surface area contributed by atoms with Crippen LogP contribution in [-0.4, -0.2) is 27.9 Å². The summed E-state index contributed by atoms with van der Waals surface area (Å²) in [5.74, 6) is 0.150. The molecule has 0 bridgehead atoms. The molecule has 6 heteroatoms. The number of rotatable bonds is 3. The van der Waals surface area contributed by atoms with Crippen molar-refractivity contribution in [1.29, 1.82) is 0 Å². The van der Waals surface area contributed by atoms with Gasteiger partial charge in [0, 0.05) is 12.7 Å². The van der Waals surface area contributed by atoms with Gasteiger partial charge in [0.05, 0.1) is 12.0 Å². The Kier molecular flexibility index (Phi) is 2.69. The molecular weight excluding hydrogens is 186 g/mol. The van der Waals surface area contributed by atoms with Crippen LogP contribution in [0.4, 0.5) is 0 Å². The van der Waals surface area contributed by atoms with Crippen LogP contribution in [0.25, 0.3) is 0 Å². The summed E-state index contributed by atoms with van der Waals surface area (Å²) in [6, 6.07) is -0.437. The molecule has 4 nitrogen and oxygen atoms in total. The molecule has 1 unspecified atom stereocenters. The third-order valence-corrected chi connectivity index (χ3v) is 2.41. The Morgan fingerprint density at radius 2 is 2.55 bits per heavy atom. The fourth-order valence-electron chi connectivity index (χ4n) is 0.656. The lowest BCUT2D eigenvalue weighted by Crippen LogP contribution is -2.45. The lowest BCUT2D eigenvalue weighted by Gasteiger charge is -2.15. The molecule has 11 heavy (non-hydrogen) atoms. The fraction of sp³-hybridized carbons (Fsp3) is 0.800. The minimum atomic E-state index is -1.24. The maximum absolute atomic E-state index is 10.6. The van der Waals surface area contributed by atoms with Gasteiger partial charge in [-0.2, -0.15) is 12.6 Å². The number of carbonyl (C=O) groups excluding carboxylic acids is 1. The summed E-state index contributed by atoms with van der Waals surface area (Å²) in [7, 11) is 0. The molecule has 0 radical (unpaired) electrons. The van der Waals surface area contributed by atoms with Crippen molar-refractivity contribution in [3.63, 3.8) is 0 Å². The second-order valence-corrected chi connectivity index (χ2v) is 3.52. The van der Waals surface area contributed by atoms with Crippen LogP contribution in [0.15, 0.2) is 0 Å². The van der Waals surface area contributed by atoms with Crippen molar-refractivity contribution in [1.82, 2.24) is 5.32 Å². The zero-order valence-corrected chi connectivity index (χ0v) is 7.61. The monoisotopic (exact) mass is 195 g/mol. The molecular formula is C5H9NO3S2. The molecule has 1 amide bonds. The highest BCUT2D eigenvalue weighted by Crippen LogP contribution is 2.47. The van der Waals surface area contributed by atoms with Gasteiger partial charge in [-0.05, 0) is 0 Å². The van der Waals surface area contributed by atoms with Crippen molar-refractivity contribution >= 4 is 30.6 Å². The van der Waals surface area contributed by atoms with Crippen molar-refractivity contribution in [2.45, 2.75) is 18.1 Å². The van der Waals surface area contributed by atoms with Crippen molar-refractivity contribution < 1.29 is 14.1 Å². The summed E-state index contributed by atoms with van der Waals surface area (Å²) >= 11 is 4.89. The van der Waals surface area contributed by atoms with Gasteiger partial charge >= 0.3 is 0 Å². The maximum atomic E-state index is 10.6. The first-order valence-electron chi connectivity index (χ1n) is 3.05.